The number of fused-ring (bicyclic) bond motifs is 1. The molecule has 0 aromatic carbocycles. The van der Waals surface area contributed by atoms with Gasteiger partial charge in [-0.3, -0.25) is 4.98 Å². The van der Waals surface area contributed by atoms with Crippen molar-refractivity contribution < 1.29 is 0 Å². The van der Waals surface area contributed by atoms with Crippen LogP contribution in [0, 0.1) is 0 Å². The first-order valence-electron chi connectivity index (χ1n) is 4.76. The molecule has 0 amide bonds. The van der Waals surface area contributed by atoms with Crippen molar-refractivity contribution in [3.63, 3.8) is 0 Å². The van der Waals surface area contributed by atoms with Gasteiger partial charge in [-0.25, -0.2) is 9.50 Å². The second kappa shape index (κ2) is 3.68. The fourth-order valence-electron chi connectivity index (χ4n) is 1.50. The molecule has 0 unspecified atom stereocenters. The van der Waals surface area contributed by atoms with Crippen LogP contribution >= 0.6 is 15.9 Å². The highest BCUT2D eigenvalue weighted by molar-refractivity contribution is 9.10. The van der Waals surface area contributed by atoms with Crippen LogP contribution in [-0.2, 0) is 0 Å². The minimum atomic E-state index is 0.776. The molecular formula is C11H7BrN4. The molecule has 0 atom stereocenters. The van der Waals surface area contributed by atoms with E-state index in [1.807, 2.05) is 36.5 Å². The van der Waals surface area contributed by atoms with Crippen molar-refractivity contribution in [3.05, 3.63) is 47.3 Å². The fraction of sp³-hybridized carbons (Fsp3) is 0. The van der Waals surface area contributed by atoms with E-state index in [1.165, 1.54) is 0 Å². The van der Waals surface area contributed by atoms with Crippen molar-refractivity contribution in [1.82, 2.24) is 19.6 Å². The van der Waals surface area contributed by atoms with E-state index in [9.17, 15) is 0 Å². The van der Waals surface area contributed by atoms with E-state index in [-0.39, 0.29) is 0 Å². The van der Waals surface area contributed by atoms with Gasteiger partial charge >= 0.3 is 0 Å². The molecule has 0 radical (unpaired) electrons. The lowest BCUT2D eigenvalue weighted by atomic mass is 10.2. The summed E-state index contributed by atoms with van der Waals surface area (Å²) in [6.45, 7) is 0. The normalized spacial score (nSPS) is 10.8. The van der Waals surface area contributed by atoms with Gasteiger partial charge in [0.05, 0.1) is 11.9 Å². The number of rotatable bonds is 1. The van der Waals surface area contributed by atoms with Crippen LogP contribution in [0.2, 0.25) is 0 Å². The summed E-state index contributed by atoms with van der Waals surface area (Å²) in [7, 11) is 0. The van der Waals surface area contributed by atoms with Gasteiger partial charge < -0.3 is 0 Å². The van der Waals surface area contributed by atoms with E-state index in [0.29, 0.717) is 0 Å². The van der Waals surface area contributed by atoms with Crippen LogP contribution in [0.1, 0.15) is 0 Å². The van der Waals surface area contributed by atoms with Crippen molar-refractivity contribution in [2.24, 2.45) is 0 Å². The Hall–Kier alpha value is -1.75. The number of imidazole rings is 1. The molecule has 3 rings (SSSR count). The first-order chi connectivity index (χ1) is 7.83. The highest BCUT2D eigenvalue weighted by atomic mass is 79.9. The molecule has 0 aliphatic rings. The van der Waals surface area contributed by atoms with Crippen molar-refractivity contribution in [1.29, 1.82) is 0 Å². The monoisotopic (exact) mass is 274 g/mol. The Kier molecular flexibility index (Phi) is 2.18. The van der Waals surface area contributed by atoms with E-state index in [4.69, 9.17) is 0 Å². The maximum atomic E-state index is 4.43. The third-order valence-electron chi connectivity index (χ3n) is 2.22. The summed E-state index contributed by atoms with van der Waals surface area (Å²) >= 11 is 3.32. The lowest BCUT2D eigenvalue weighted by Crippen LogP contribution is -1.94. The van der Waals surface area contributed by atoms with Crippen LogP contribution in [0.5, 0.6) is 0 Å². The molecule has 4 nitrogen and oxygen atoms in total. The van der Waals surface area contributed by atoms with Gasteiger partial charge in [0.25, 0.3) is 0 Å². The van der Waals surface area contributed by atoms with Gasteiger partial charge in [-0.05, 0) is 40.2 Å². The first kappa shape index (κ1) is 9.47. The molecule has 0 N–H and O–H groups in total. The molecule has 0 aliphatic carbocycles. The zero-order chi connectivity index (χ0) is 11.0. The lowest BCUT2D eigenvalue weighted by molar-refractivity contribution is 0.937. The third kappa shape index (κ3) is 1.59. The molecule has 0 saturated heterocycles. The summed E-state index contributed by atoms with van der Waals surface area (Å²) < 4.78 is 2.51. The summed E-state index contributed by atoms with van der Waals surface area (Å²) in [6.07, 6.45) is 3.58. The van der Waals surface area contributed by atoms with E-state index in [1.54, 1.807) is 10.7 Å². The SMILES string of the molecule is Brc1cn2nc(-c3ccccn3)ccc2n1. The average molecular weight is 275 g/mol. The summed E-state index contributed by atoms with van der Waals surface area (Å²) in [5, 5.41) is 4.43. The van der Waals surface area contributed by atoms with Crippen molar-refractivity contribution in [2.75, 3.05) is 0 Å². The fourth-order valence-corrected chi connectivity index (χ4v) is 1.88. The minimum Gasteiger partial charge on any atom is -0.255 e. The van der Waals surface area contributed by atoms with Gasteiger partial charge in [-0.15, -0.1) is 0 Å². The second-order valence-electron chi connectivity index (χ2n) is 3.30. The zero-order valence-electron chi connectivity index (χ0n) is 8.21. The van der Waals surface area contributed by atoms with Crippen LogP contribution in [-0.4, -0.2) is 19.6 Å². The van der Waals surface area contributed by atoms with Crippen LogP contribution in [0.4, 0.5) is 0 Å². The first-order valence-corrected chi connectivity index (χ1v) is 5.55. The smallest absolute Gasteiger partial charge is 0.154 e. The van der Waals surface area contributed by atoms with Gasteiger partial charge in [0, 0.05) is 6.20 Å². The van der Waals surface area contributed by atoms with Crippen LogP contribution in [0.3, 0.4) is 0 Å². The third-order valence-corrected chi connectivity index (χ3v) is 2.60. The molecular weight excluding hydrogens is 268 g/mol. The molecule has 0 spiro atoms. The number of hydrogen-bond acceptors (Lipinski definition) is 3. The Morgan fingerprint density at radius 2 is 2.00 bits per heavy atom. The van der Waals surface area contributed by atoms with Crippen molar-refractivity contribution in [2.45, 2.75) is 0 Å². The minimum absolute atomic E-state index is 0.776. The summed E-state index contributed by atoms with van der Waals surface area (Å²) in [6, 6.07) is 9.59. The van der Waals surface area contributed by atoms with E-state index in [0.717, 1.165) is 21.6 Å². The van der Waals surface area contributed by atoms with Crippen molar-refractivity contribution in [3.8, 4) is 11.4 Å². The van der Waals surface area contributed by atoms with Gasteiger partial charge in [-0.1, -0.05) is 6.07 Å². The molecule has 0 aliphatic heterocycles. The molecule has 16 heavy (non-hydrogen) atoms. The van der Waals surface area contributed by atoms with Gasteiger partial charge in [-0.2, -0.15) is 5.10 Å². The maximum absolute atomic E-state index is 4.43. The molecule has 78 valence electrons. The number of aromatic nitrogens is 4. The molecule has 0 saturated carbocycles. The van der Waals surface area contributed by atoms with Gasteiger partial charge in [0.2, 0.25) is 0 Å². The quantitative estimate of drug-likeness (QED) is 0.685. The predicted octanol–water partition coefficient (Wildman–Crippen LogP) is 2.55. The zero-order valence-corrected chi connectivity index (χ0v) is 9.79. The predicted molar refractivity (Wildman–Crippen MR) is 63.9 cm³/mol. The average Bonchev–Trinajstić information content (AvgIpc) is 2.69. The van der Waals surface area contributed by atoms with E-state index >= 15 is 0 Å². The number of hydrogen-bond donors (Lipinski definition) is 0. The number of nitrogens with zero attached hydrogens (tertiary/aromatic N) is 4. The Labute approximate surface area is 100 Å². The van der Waals surface area contributed by atoms with E-state index < -0.39 is 0 Å². The number of halogens is 1. The Morgan fingerprint density at radius 1 is 1.06 bits per heavy atom. The standard InChI is InChI=1S/C11H7BrN4/c12-10-7-16-11(14-10)5-4-9(15-16)8-3-1-2-6-13-8/h1-7H. The molecule has 5 heteroatoms. The van der Waals surface area contributed by atoms with Gasteiger partial charge in [0.1, 0.15) is 10.3 Å². The molecule has 0 bridgehead atoms. The van der Waals surface area contributed by atoms with Crippen LogP contribution in [0.25, 0.3) is 17.0 Å². The lowest BCUT2D eigenvalue weighted by Gasteiger charge is -1.99. The largest absolute Gasteiger partial charge is 0.255 e. The number of pyridine rings is 1. The topological polar surface area (TPSA) is 43.1 Å². The highest BCUT2D eigenvalue weighted by Crippen LogP contribution is 2.15. The highest BCUT2D eigenvalue weighted by Gasteiger charge is 2.03. The Bertz CT molecular complexity index is 633. The van der Waals surface area contributed by atoms with Gasteiger partial charge in [0.15, 0.2) is 5.65 Å². The van der Waals surface area contributed by atoms with Crippen molar-refractivity contribution >= 4 is 21.6 Å². The van der Waals surface area contributed by atoms with E-state index in [2.05, 4.69) is 31.0 Å². The summed E-state index contributed by atoms with van der Waals surface area (Å²) in [4.78, 5) is 8.50. The molecule has 3 heterocycles. The Balaban J connectivity index is 2.18. The van der Waals surface area contributed by atoms with Crippen LogP contribution < -0.4 is 0 Å². The van der Waals surface area contributed by atoms with Crippen LogP contribution in [0.15, 0.2) is 47.3 Å². The molecule has 0 fully saturated rings. The second-order valence-corrected chi connectivity index (χ2v) is 4.11. The molecule has 3 aromatic heterocycles. The summed E-state index contributed by atoms with van der Waals surface area (Å²) in [5.41, 5.74) is 2.50. The molecule has 3 aromatic rings. The maximum Gasteiger partial charge on any atom is 0.154 e. The summed E-state index contributed by atoms with van der Waals surface area (Å²) in [5.74, 6) is 0. The Morgan fingerprint density at radius 3 is 2.81 bits per heavy atom.